The molecule has 1 aromatic carbocycles. The molecule has 3 fully saturated rings. The standard InChI is InChI=1S/C19H22N6/c20-19-23-15-3-1-2-4-16(15)25(19)18-9-17(21-12-22-18)24-10-13-5-6-14(11-24)8-7-13/h1-4,9,12-14H,5-8,10-11H2,(H2,20,23). The molecule has 2 aromatic heterocycles. The molecule has 1 saturated carbocycles. The molecule has 6 rings (SSSR count). The molecule has 6 nitrogen and oxygen atoms in total. The number of anilines is 2. The van der Waals surface area contributed by atoms with E-state index in [0.717, 1.165) is 47.6 Å². The van der Waals surface area contributed by atoms with Crippen LogP contribution in [0, 0.1) is 11.8 Å². The number of nitrogen functional groups attached to an aromatic ring is 1. The summed E-state index contributed by atoms with van der Waals surface area (Å²) >= 11 is 0. The summed E-state index contributed by atoms with van der Waals surface area (Å²) in [5.41, 5.74) is 8.03. The highest BCUT2D eigenvalue weighted by molar-refractivity contribution is 5.80. The summed E-state index contributed by atoms with van der Waals surface area (Å²) < 4.78 is 1.91. The maximum Gasteiger partial charge on any atom is 0.207 e. The molecular formula is C19H22N6. The quantitative estimate of drug-likeness (QED) is 0.780. The summed E-state index contributed by atoms with van der Waals surface area (Å²) in [5, 5.41) is 0. The van der Waals surface area contributed by atoms with Gasteiger partial charge in [0.25, 0.3) is 0 Å². The van der Waals surface area contributed by atoms with Gasteiger partial charge in [0.1, 0.15) is 18.0 Å². The molecule has 1 aliphatic carbocycles. The van der Waals surface area contributed by atoms with E-state index in [-0.39, 0.29) is 0 Å². The second-order valence-electron chi connectivity index (χ2n) is 7.32. The van der Waals surface area contributed by atoms with Gasteiger partial charge in [-0.3, -0.25) is 4.57 Å². The van der Waals surface area contributed by atoms with Gasteiger partial charge in [0.15, 0.2) is 0 Å². The van der Waals surface area contributed by atoms with Crippen molar-refractivity contribution in [3.05, 3.63) is 36.7 Å². The van der Waals surface area contributed by atoms with Crippen LogP contribution in [0.2, 0.25) is 0 Å². The maximum atomic E-state index is 6.17. The maximum absolute atomic E-state index is 6.17. The third-order valence-corrected chi connectivity index (χ3v) is 5.70. The van der Waals surface area contributed by atoms with Crippen LogP contribution < -0.4 is 10.6 Å². The second-order valence-corrected chi connectivity index (χ2v) is 7.32. The minimum atomic E-state index is 0.460. The Morgan fingerprint density at radius 3 is 2.36 bits per heavy atom. The Labute approximate surface area is 146 Å². The lowest BCUT2D eigenvalue weighted by Gasteiger charge is -2.24. The van der Waals surface area contributed by atoms with Gasteiger partial charge in [-0.1, -0.05) is 12.1 Å². The summed E-state index contributed by atoms with van der Waals surface area (Å²) in [6.07, 6.45) is 7.08. The number of imidazole rings is 1. The molecule has 2 aliphatic heterocycles. The number of benzene rings is 1. The van der Waals surface area contributed by atoms with Gasteiger partial charge in [0, 0.05) is 19.2 Å². The van der Waals surface area contributed by atoms with Crippen LogP contribution in [0.25, 0.3) is 16.9 Å². The lowest BCUT2D eigenvalue weighted by Crippen LogP contribution is -2.29. The summed E-state index contributed by atoms with van der Waals surface area (Å²) in [4.78, 5) is 15.9. The predicted octanol–water partition coefficient (Wildman–Crippen LogP) is 3.02. The molecule has 4 heterocycles. The molecule has 128 valence electrons. The Hall–Kier alpha value is -2.63. The number of hydrogen-bond donors (Lipinski definition) is 1. The fourth-order valence-corrected chi connectivity index (χ4v) is 4.40. The molecule has 2 N–H and O–H groups in total. The van der Waals surface area contributed by atoms with Gasteiger partial charge in [-0.15, -0.1) is 0 Å². The molecule has 6 heteroatoms. The van der Waals surface area contributed by atoms with Crippen LogP contribution in [0.1, 0.15) is 25.7 Å². The first-order valence-electron chi connectivity index (χ1n) is 9.08. The van der Waals surface area contributed by atoms with E-state index in [1.807, 2.05) is 28.8 Å². The van der Waals surface area contributed by atoms with Gasteiger partial charge in [0.2, 0.25) is 5.95 Å². The highest BCUT2D eigenvalue weighted by atomic mass is 15.2. The van der Waals surface area contributed by atoms with Gasteiger partial charge in [-0.25, -0.2) is 15.0 Å². The third kappa shape index (κ3) is 2.52. The normalized spacial score (nSPS) is 23.1. The zero-order chi connectivity index (χ0) is 16.8. The van der Waals surface area contributed by atoms with Crippen LogP contribution in [-0.4, -0.2) is 32.6 Å². The van der Waals surface area contributed by atoms with Crippen LogP contribution in [-0.2, 0) is 0 Å². The zero-order valence-corrected chi connectivity index (χ0v) is 14.2. The number of rotatable bonds is 2. The Morgan fingerprint density at radius 2 is 1.60 bits per heavy atom. The van der Waals surface area contributed by atoms with Crippen LogP contribution >= 0.6 is 0 Å². The monoisotopic (exact) mass is 334 g/mol. The van der Waals surface area contributed by atoms with Crippen LogP contribution in [0.3, 0.4) is 0 Å². The molecule has 3 aromatic rings. The van der Waals surface area contributed by atoms with E-state index in [9.17, 15) is 0 Å². The van der Waals surface area contributed by atoms with Crippen molar-refractivity contribution in [2.45, 2.75) is 25.7 Å². The molecule has 0 unspecified atom stereocenters. The molecule has 2 saturated heterocycles. The summed E-state index contributed by atoms with van der Waals surface area (Å²) in [5.74, 6) is 3.85. The van der Waals surface area contributed by atoms with E-state index in [0.29, 0.717) is 5.95 Å². The minimum absolute atomic E-state index is 0.460. The van der Waals surface area contributed by atoms with Gasteiger partial charge in [-0.2, -0.15) is 0 Å². The number of aromatic nitrogens is 4. The first kappa shape index (κ1) is 14.7. The van der Waals surface area contributed by atoms with Crippen molar-refractivity contribution in [3.63, 3.8) is 0 Å². The van der Waals surface area contributed by atoms with Gasteiger partial charge >= 0.3 is 0 Å². The molecule has 0 spiro atoms. The lowest BCUT2D eigenvalue weighted by atomic mass is 9.84. The lowest BCUT2D eigenvalue weighted by molar-refractivity contribution is 0.326. The fourth-order valence-electron chi connectivity index (χ4n) is 4.40. The number of hydrogen-bond acceptors (Lipinski definition) is 5. The van der Waals surface area contributed by atoms with Crippen molar-refractivity contribution in [1.29, 1.82) is 0 Å². The first-order valence-corrected chi connectivity index (χ1v) is 9.08. The van der Waals surface area contributed by atoms with Crippen molar-refractivity contribution < 1.29 is 0 Å². The van der Waals surface area contributed by atoms with Gasteiger partial charge in [0.05, 0.1) is 11.0 Å². The van der Waals surface area contributed by atoms with Crippen molar-refractivity contribution in [2.75, 3.05) is 23.7 Å². The van der Waals surface area contributed by atoms with Crippen molar-refractivity contribution in [2.24, 2.45) is 11.8 Å². The van der Waals surface area contributed by atoms with Gasteiger partial charge < -0.3 is 10.6 Å². The average molecular weight is 334 g/mol. The summed E-state index contributed by atoms with van der Waals surface area (Å²) in [7, 11) is 0. The van der Waals surface area contributed by atoms with Crippen molar-refractivity contribution in [1.82, 2.24) is 19.5 Å². The molecular weight excluding hydrogens is 312 g/mol. The highest BCUT2D eigenvalue weighted by Gasteiger charge is 2.30. The molecule has 25 heavy (non-hydrogen) atoms. The van der Waals surface area contributed by atoms with Crippen LogP contribution in [0.4, 0.5) is 11.8 Å². The predicted molar refractivity (Wildman–Crippen MR) is 98.7 cm³/mol. The van der Waals surface area contributed by atoms with E-state index in [1.54, 1.807) is 6.33 Å². The first-order chi connectivity index (χ1) is 12.3. The molecule has 2 bridgehead atoms. The number of fused-ring (bicyclic) bond motifs is 5. The Kier molecular flexibility index (Phi) is 3.36. The Balaban J connectivity index is 1.56. The Bertz CT molecular complexity index is 895. The van der Waals surface area contributed by atoms with Crippen LogP contribution in [0.15, 0.2) is 36.7 Å². The van der Waals surface area contributed by atoms with Gasteiger partial charge in [-0.05, 0) is 49.7 Å². The average Bonchev–Trinajstić information content (AvgIpc) is 2.79. The van der Waals surface area contributed by atoms with E-state index in [2.05, 4.69) is 25.9 Å². The third-order valence-electron chi connectivity index (χ3n) is 5.70. The van der Waals surface area contributed by atoms with Crippen molar-refractivity contribution >= 4 is 22.8 Å². The molecule has 0 amide bonds. The topological polar surface area (TPSA) is 72.9 Å². The number of nitrogens with zero attached hydrogens (tertiary/aromatic N) is 5. The van der Waals surface area contributed by atoms with E-state index in [4.69, 9.17) is 5.73 Å². The fraction of sp³-hybridized carbons (Fsp3) is 0.421. The van der Waals surface area contributed by atoms with E-state index < -0.39 is 0 Å². The second kappa shape index (κ2) is 5.72. The molecule has 0 radical (unpaired) electrons. The smallest absolute Gasteiger partial charge is 0.207 e. The Morgan fingerprint density at radius 1 is 0.920 bits per heavy atom. The summed E-state index contributed by atoms with van der Waals surface area (Å²) in [6.45, 7) is 2.21. The summed E-state index contributed by atoms with van der Waals surface area (Å²) in [6, 6.07) is 10.0. The number of para-hydroxylation sites is 2. The largest absolute Gasteiger partial charge is 0.369 e. The minimum Gasteiger partial charge on any atom is -0.369 e. The highest BCUT2D eigenvalue weighted by Crippen LogP contribution is 2.35. The SMILES string of the molecule is Nc1nc2ccccc2n1-c1cc(N2CC3CCC(CC3)C2)ncn1. The van der Waals surface area contributed by atoms with E-state index >= 15 is 0 Å². The number of nitrogens with two attached hydrogens (primary N) is 1. The van der Waals surface area contributed by atoms with E-state index in [1.165, 1.54) is 25.7 Å². The van der Waals surface area contributed by atoms with Crippen LogP contribution in [0.5, 0.6) is 0 Å². The van der Waals surface area contributed by atoms with Crippen molar-refractivity contribution in [3.8, 4) is 5.82 Å². The zero-order valence-electron chi connectivity index (χ0n) is 14.2. The molecule has 3 aliphatic rings. The molecule has 0 atom stereocenters.